The van der Waals surface area contributed by atoms with E-state index in [1.807, 2.05) is 20.8 Å². The minimum atomic E-state index is -1.00. The van der Waals surface area contributed by atoms with Crippen LogP contribution in [0.5, 0.6) is 0 Å². The molecule has 5 heteroatoms. The number of nitrogens with two attached hydrogens (primary N) is 1. The van der Waals surface area contributed by atoms with Crippen LogP contribution in [0.1, 0.15) is 60.3 Å². The second kappa shape index (κ2) is 4.85. The van der Waals surface area contributed by atoms with Crippen molar-refractivity contribution in [2.24, 2.45) is 11.1 Å². The molecule has 122 valence electrons. The molecule has 1 heterocycles. The highest BCUT2D eigenvalue weighted by Gasteiger charge is 2.59. The fraction of sp³-hybridized carbons (Fsp3) is 0.938. The van der Waals surface area contributed by atoms with Crippen LogP contribution in [-0.2, 0) is 4.74 Å². The number of carbonyl (C=O) groups is 1. The second-order valence-electron chi connectivity index (χ2n) is 8.71. The van der Waals surface area contributed by atoms with Gasteiger partial charge in [0, 0.05) is 12.1 Å². The Morgan fingerprint density at radius 3 is 2.33 bits per heavy atom. The first kappa shape index (κ1) is 16.6. The summed E-state index contributed by atoms with van der Waals surface area (Å²) in [4.78, 5) is 13.8. The van der Waals surface area contributed by atoms with Crippen LogP contribution in [0.3, 0.4) is 0 Å². The van der Waals surface area contributed by atoms with Crippen LogP contribution in [0.15, 0.2) is 0 Å². The zero-order valence-electron chi connectivity index (χ0n) is 14.0. The number of ether oxygens (including phenoxy) is 1. The number of hydrogen-bond donors (Lipinski definition) is 2. The number of piperidine rings is 1. The van der Waals surface area contributed by atoms with E-state index in [1.165, 1.54) is 0 Å². The van der Waals surface area contributed by atoms with E-state index in [1.54, 1.807) is 4.90 Å². The van der Waals surface area contributed by atoms with Crippen molar-refractivity contribution in [1.29, 1.82) is 0 Å². The van der Waals surface area contributed by atoms with Crippen LogP contribution in [0, 0.1) is 5.41 Å². The Bertz CT molecular complexity index is 420. The molecule has 0 aromatic carbocycles. The Morgan fingerprint density at radius 2 is 1.86 bits per heavy atom. The lowest BCUT2D eigenvalue weighted by atomic mass is 9.52. The Labute approximate surface area is 127 Å². The van der Waals surface area contributed by atoms with Crippen molar-refractivity contribution in [3.05, 3.63) is 0 Å². The lowest BCUT2D eigenvalue weighted by Crippen LogP contribution is -2.74. The number of hydrogen-bond acceptors (Lipinski definition) is 4. The first-order chi connectivity index (χ1) is 9.36. The van der Waals surface area contributed by atoms with E-state index in [4.69, 9.17) is 10.5 Å². The van der Waals surface area contributed by atoms with E-state index in [-0.39, 0.29) is 18.1 Å². The zero-order valence-corrected chi connectivity index (χ0v) is 14.0. The predicted molar refractivity (Wildman–Crippen MR) is 81.9 cm³/mol. The Hall–Kier alpha value is -0.810. The van der Waals surface area contributed by atoms with Crippen molar-refractivity contribution >= 4 is 6.09 Å². The van der Waals surface area contributed by atoms with Crippen LogP contribution in [0.25, 0.3) is 0 Å². The molecule has 1 aliphatic heterocycles. The lowest BCUT2D eigenvalue weighted by Gasteiger charge is -2.60. The van der Waals surface area contributed by atoms with Crippen molar-refractivity contribution < 1.29 is 14.6 Å². The average molecular weight is 298 g/mol. The van der Waals surface area contributed by atoms with Crippen LogP contribution >= 0.6 is 0 Å². The largest absolute Gasteiger partial charge is 0.444 e. The summed E-state index contributed by atoms with van der Waals surface area (Å²) in [6, 6.07) is 0. The molecular formula is C16H30N2O3. The quantitative estimate of drug-likeness (QED) is 0.778. The molecular weight excluding hydrogens is 268 g/mol. The first-order valence-electron chi connectivity index (χ1n) is 7.85. The molecule has 2 rings (SSSR count). The fourth-order valence-electron chi connectivity index (χ4n) is 3.91. The number of likely N-dealkylation sites (tertiary alicyclic amines) is 1. The van der Waals surface area contributed by atoms with Gasteiger partial charge in [0.05, 0.1) is 6.54 Å². The summed E-state index contributed by atoms with van der Waals surface area (Å²) in [5, 5.41) is 11.0. The molecule has 1 amide bonds. The van der Waals surface area contributed by atoms with Crippen LogP contribution in [-0.4, -0.2) is 45.9 Å². The molecule has 1 saturated heterocycles. The predicted octanol–water partition coefficient (Wildman–Crippen LogP) is 2.27. The fourth-order valence-corrected chi connectivity index (χ4v) is 3.91. The Morgan fingerprint density at radius 1 is 1.29 bits per heavy atom. The molecule has 1 atom stereocenters. The number of carbonyl (C=O) groups excluding carboxylic acids is 1. The van der Waals surface area contributed by atoms with Gasteiger partial charge in [0.1, 0.15) is 11.2 Å². The van der Waals surface area contributed by atoms with Crippen molar-refractivity contribution in [3.8, 4) is 0 Å². The monoisotopic (exact) mass is 298 g/mol. The molecule has 0 aromatic heterocycles. The Kier molecular flexibility index (Phi) is 3.82. The summed E-state index contributed by atoms with van der Waals surface area (Å²) in [6.45, 7) is 10.8. The topological polar surface area (TPSA) is 75.8 Å². The summed E-state index contributed by atoms with van der Waals surface area (Å²) in [7, 11) is 0. The molecule has 0 aromatic rings. The van der Waals surface area contributed by atoms with Gasteiger partial charge in [-0.15, -0.1) is 0 Å². The van der Waals surface area contributed by atoms with Crippen molar-refractivity contribution in [2.75, 3.05) is 13.1 Å². The molecule has 2 fully saturated rings. The Balaban J connectivity index is 2.05. The summed E-state index contributed by atoms with van der Waals surface area (Å²) in [5.74, 6) is 0. The van der Waals surface area contributed by atoms with Gasteiger partial charge in [-0.1, -0.05) is 13.8 Å². The van der Waals surface area contributed by atoms with Gasteiger partial charge in [-0.3, -0.25) is 0 Å². The molecule has 1 saturated carbocycles. The van der Waals surface area contributed by atoms with Gasteiger partial charge in [-0.25, -0.2) is 4.79 Å². The van der Waals surface area contributed by atoms with Gasteiger partial charge in [0.2, 0.25) is 0 Å². The smallest absolute Gasteiger partial charge is 0.410 e. The van der Waals surface area contributed by atoms with E-state index in [0.717, 1.165) is 19.3 Å². The number of aliphatic hydroxyl groups is 1. The van der Waals surface area contributed by atoms with Crippen molar-refractivity contribution in [1.82, 2.24) is 4.90 Å². The minimum Gasteiger partial charge on any atom is -0.444 e. The van der Waals surface area contributed by atoms with E-state index in [9.17, 15) is 9.90 Å². The van der Waals surface area contributed by atoms with Gasteiger partial charge < -0.3 is 20.5 Å². The zero-order chi connectivity index (χ0) is 16.1. The maximum atomic E-state index is 12.2. The maximum Gasteiger partial charge on any atom is 0.410 e. The third-order valence-corrected chi connectivity index (χ3v) is 4.64. The molecule has 3 N–H and O–H groups in total. The standard InChI is InChI=1S/C16H30N2O3/c1-13(2,3)21-12(19)18-8-6-7-16(20,11-18)15(17)9-14(4,5)10-15/h20H,6-11,17H2,1-5H3. The molecule has 21 heavy (non-hydrogen) atoms. The van der Waals surface area contributed by atoms with E-state index < -0.39 is 16.7 Å². The van der Waals surface area contributed by atoms with Crippen molar-refractivity contribution in [3.63, 3.8) is 0 Å². The molecule has 5 nitrogen and oxygen atoms in total. The normalized spacial score (nSPS) is 31.5. The lowest BCUT2D eigenvalue weighted by molar-refractivity contribution is -0.145. The number of amides is 1. The van der Waals surface area contributed by atoms with Crippen molar-refractivity contribution in [2.45, 2.75) is 77.0 Å². The van der Waals surface area contributed by atoms with Gasteiger partial charge >= 0.3 is 6.09 Å². The number of β-amino-alcohol motifs (C(OH)–C–C–N with tert-alkyl or cyclic N) is 1. The molecule has 1 unspecified atom stereocenters. The van der Waals surface area contributed by atoms with Gasteiger partial charge in [-0.05, 0) is 51.9 Å². The van der Waals surface area contributed by atoms with Gasteiger partial charge in [0.25, 0.3) is 0 Å². The van der Waals surface area contributed by atoms with Gasteiger partial charge in [-0.2, -0.15) is 0 Å². The maximum absolute atomic E-state index is 12.2. The summed E-state index contributed by atoms with van der Waals surface area (Å²) in [6.07, 6.45) is 2.63. The number of nitrogens with zero attached hydrogens (tertiary/aromatic N) is 1. The third kappa shape index (κ3) is 3.34. The minimum absolute atomic E-state index is 0.179. The highest BCUT2D eigenvalue weighted by molar-refractivity contribution is 5.68. The summed E-state index contributed by atoms with van der Waals surface area (Å²) < 4.78 is 5.41. The summed E-state index contributed by atoms with van der Waals surface area (Å²) >= 11 is 0. The van der Waals surface area contributed by atoms with Crippen LogP contribution in [0.4, 0.5) is 4.79 Å². The highest BCUT2D eigenvalue weighted by Crippen LogP contribution is 2.53. The third-order valence-electron chi connectivity index (χ3n) is 4.64. The average Bonchev–Trinajstić information content (AvgIpc) is 2.23. The SMILES string of the molecule is CC1(C)CC(N)(C2(O)CCCN(C(=O)OC(C)(C)C)C2)C1. The molecule has 2 aliphatic rings. The van der Waals surface area contributed by atoms with Crippen LogP contribution in [0.2, 0.25) is 0 Å². The second-order valence-corrected chi connectivity index (χ2v) is 8.71. The molecule has 1 aliphatic carbocycles. The van der Waals surface area contributed by atoms with E-state index >= 15 is 0 Å². The van der Waals surface area contributed by atoms with Gasteiger partial charge in [0.15, 0.2) is 0 Å². The van der Waals surface area contributed by atoms with Crippen LogP contribution < -0.4 is 5.73 Å². The van der Waals surface area contributed by atoms with E-state index in [0.29, 0.717) is 13.0 Å². The van der Waals surface area contributed by atoms with E-state index in [2.05, 4.69) is 13.8 Å². The molecule has 0 radical (unpaired) electrons. The first-order valence-corrected chi connectivity index (χ1v) is 7.85. The highest BCUT2D eigenvalue weighted by atomic mass is 16.6. The summed E-state index contributed by atoms with van der Waals surface area (Å²) in [5.41, 5.74) is 4.52. The number of rotatable bonds is 1. The molecule has 0 bridgehead atoms. The molecule has 0 spiro atoms.